The molecule has 0 N–H and O–H groups in total. The van der Waals surface area contributed by atoms with Gasteiger partial charge in [0, 0.05) is 32.0 Å². The van der Waals surface area contributed by atoms with Crippen LogP contribution in [-0.2, 0) is 16.0 Å². The van der Waals surface area contributed by atoms with Gasteiger partial charge in [0.1, 0.15) is 0 Å². The zero-order valence-electron chi connectivity index (χ0n) is 12.7. The van der Waals surface area contributed by atoms with Crippen molar-refractivity contribution < 1.29 is 14.1 Å². The number of ether oxygens (including phenoxy) is 1. The summed E-state index contributed by atoms with van der Waals surface area (Å²) in [6.07, 6.45) is 3.30. The third kappa shape index (κ3) is 3.61. The van der Waals surface area contributed by atoms with Gasteiger partial charge in [0.2, 0.25) is 11.8 Å². The van der Waals surface area contributed by atoms with E-state index in [1.165, 1.54) is 12.8 Å². The molecule has 1 saturated heterocycles. The lowest BCUT2D eigenvalue weighted by molar-refractivity contribution is -0.139. The Morgan fingerprint density at radius 1 is 1.43 bits per heavy atom. The third-order valence-corrected chi connectivity index (χ3v) is 4.04. The molecule has 1 saturated carbocycles. The molecule has 0 radical (unpaired) electrons. The van der Waals surface area contributed by atoms with Crippen LogP contribution in [0.15, 0.2) is 4.52 Å². The van der Waals surface area contributed by atoms with Crippen molar-refractivity contribution in [3.8, 4) is 0 Å². The van der Waals surface area contributed by atoms with E-state index in [0.29, 0.717) is 37.8 Å². The van der Waals surface area contributed by atoms with Crippen molar-refractivity contribution in [3.63, 3.8) is 0 Å². The highest BCUT2D eigenvalue weighted by molar-refractivity contribution is 5.79. The Balaban J connectivity index is 1.40. The number of hydrogen-bond donors (Lipinski definition) is 0. The summed E-state index contributed by atoms with van der Waals surface area (Å²) in [4.78, 5) is 18.0. The summed E-state index contributed by atoms with van der Waals surface area (Å²) in [7, 11) is 0. The number of amides is 1. The van der Waals surface area contributed by atoms with Crippen molar-refractivity contribution in [2.24, 2.45) is 11.8 Å². The van der Waals surface area contributed by atoms with Crippen molar-refractivity contribution in [2.75, 3.05) is 26.3 Å². The number of nitrogens with zero attached hydrogens (tertiary/aromatic N) is 3. The smallest absolute Gasteiger partial charge is 0.233 e. The largest absolute Gasteiger partial charge is 0.381 e. The molecular weight excluding hydrogens is 270 g/mol. The minimum absolute atomic E-state index is 0.0489. The molecule has 0 bridgehead atoms. The van der Waals surface area contributed by atoms with Gasteiger partial charge in [0.25, 0.3) is 0 Å². The molecule has 0 unspecified atom stereocenters. The van der Waals surface area contributed by atoms with Crippen LogP contribution in [0.5, 0.6) is 0 Å². The molecule has 3 rings (SSSR count). The molecule has 6 nitrogen and oxygen atoms in total. The van der Waals surface area contributed by atoms with Crippen LogP contribution in [0.25, 0.3) is 0 Å². The fourth-order valence-corrected chi connectivity index (χ4v) is 2.41. The maximum atomic E-state index is 11.8. The summed E-state index contributed by atoms with van der Waals surface area (Å²) < 4.78 is 10.9. The van der Waals surface area contributed by atoms with Crippen LogP contribution < -0.4 is 0 Å². The molecule has 1 aromatic heterocycles. The second kappa shape index (κ2) is 6.13. The monoisotopic (exact) mass is 293 g/mol. The van der Waals surface area contributed by atoms with E-state index in [1.54, 1.807) is 0 Å². The van der Waals surface area contributed by atoms with Gasteiger partial charge in [-0.2, -0.15) is 4.98 Å². The standard InChI is InChI=1S/C15H23N3O3/c1-10(2)15(19)18-7-12(8-18)14-16-13(17-21-14)5-6-20-9-11-3-4-11/h10-12H,3-9H2,1-2H3. The van der Waals surface area contributed by atoms with Crippen LogP contribution in [0.4, 0.5) is 0 Å². The second-order valence-electron chi connectivity index (χ2n) is 6.41. The Bertz CT molecular complexity index is 490. The summed E-state index contributed by atoms with van der Waals surface area (Å²) in [6, 6.07) is 0. The minimum atomic E-state index is 0.0489. The zero-order valence-corrected chi connectivity index (χ0v) is 12.7. The average Bonchev–Trinajstić information content (AvgIpc) is 3.12. The SMILES string of the molecule is CC(C)C(=O)N1CC(c2nc(CCOCC3CC3)no2)C1. The van der Waals surface area contributed by atoms with Crippen molar-refractivity contribution in [2.45, 2.75) is 39.0 Å². The van der Waals surface area contributed by atoms with E-state index in [-0.39, 0.29) is 17.7 Å². The van der Waals surface area contributed by atoms with Crippen LogP contribution in [0.1, 0.15) is 44.3 Å². The van der Waals surface area contributed by atoms with E-state index in [1.807, 2.05) is 18.7 Å². The summed E-state index contributed by atoms with van der Waals surface area (Å²) in [5.74, 6) is 2.58. The molecule has 0 atom stereocenters. The Kier molecular flexibility index (Phi) is 4.24. The van der Waals surface area contributed by atoms with E-state index in [0.717, 1.165) is 12.5 Å². The molecule has 1 aromatic rings. The van der Waals surface area contributed by atoms with E-state index in [9.17, 15) is 4.79 Å². The highest BCUT2D eigenvalue weighted by Gasteiger charge is 2.36. The van der Waals surface area contributed by atoms with Crippen LogP contribution >= 0.6 is 0 Å². The molecule has 116 valence electrons. The van der Waals surface area contributed by atoms with Crippen LogP contribution in [0.2, 0.25) is 0 Å². The van der Waals surface area contributed by atoms with Crippen molar-refractivity contribution in [1.82, 2.24) is 15.0 Å². The fourth-order valence-electron chi connectivity index (χ4n) is 2.41. The molecular formula is C15H23N3O3. The first-order chi connectivity index (χ1) is 10.1. The predicted octanol–water partition coefficient (Wildman–Crippen LogP) is 1.62. The molecule has 21 heavy (non-hydrogen) atoms. The Morgan fingerprint density at radius 2 is 2.19 bits per heavy atom. The number of aromatic nitrogens is 2. The fraction of sp³-hybridized carbons (Fsp3) is 0.800. The molecule has 0 aromatic carbocycles. The maximum Gasteiger partial charge on any atom is 0.233 e. The normalized spacial score (nSPS) is 19.1. The number of hydrogen-bond acceptors (Lipinski definition) is 5. The van der Waals surface area contributed by atoms with Gasteiger partial charge in [-0.1, -0.05) is 19.0 Å². The van der Waals surface area contributed by atoms with Gasteiger partial charge in [-0.15, -0.1) is 0 Å². The first-order valence-corrected chi connectivity index (χ1v) is 7.82. The first kappa shape index (κ1) is 14.5. The number of rotatable bonds is 7. The zero-order chi connectivity index (χ0) is 14.8. The molecule has 1 aliphatic carbocycles. The van der Waals surface area contributed by atoms with Crippen LogP contribution in [-0.4, -0.2) is 47.3 Å². The Morgan fingerprint density at radius 3 is 2.86 bits per heavy atom. The molecule has 1 amide bonds. The lowest BCUT2D eigenvalue weighted by atomic mass is 9.98. The van der Waals surface area contributed by atoms with E-state index in [4.69, 9.17) is 9.26 Å². The number of carbonyl (C=O) groups excluding carboxylic acids is 1. The summed E-state index contributed by atoms with van der Waals surface area (Å²) >= 11 is 0. The maximum absolute atomic E-state index is 11.8. The molecule has 0 spiro atoms. The summed E-state index contributed by atoms with van der Waals surface area (Å²) in [5, 5.41) is 3.99. The number of likely N-dealkylation sites (tertiary alicyclic amines) is 1. The quantitative estimate of drug-likeness (QED) is 0.715. The van der Waals surface area contributed by atoms with Gasteiger partial charge < -0.3 is 14.2 Å². The van der Waals surface area contributed by atoms with Crippen LogP contribution in [0.3, 0.4) is 0 Å². The molecule has 2 aliphatic rings. The average molecular weight is 293 g/mol. The lowest BCUT2D eigenvalue weighted by Gasteiger charge is -2.38. The van der Waals surface area contributed by atoms with Gasteiger partial charge in [0.05, 0.1) is 12.5 Å². The summed E-state index contributed by atoms with van der Waals surface area (Å²) in [5.41, 5.74) is 0. The van der Waals surface area contributed by atoms with Gasteiger partial charge in [-0.3, -0.25) is 4.79 Å². The van der Waals surface area contributed by atoms with Gasteiger partial charge in [-0.05, 0) is 18.8 Å². The molecule has 2 heterocycles. The van der Waals surface area contributed by atoms with E-state index < -0.39 is 0 Å². The van der Waals surface area contributed by atoms with E-state index >= 15 is 0 Å². The second-order valence-corrected chi connectivity index (χ2v) is 6.41. The Hall–Kier alpha value is -1.43. The molecule has 2 fully saturated rings. The minimum Gasteiger partial charge on any atom is -0.381 e. The molecule has 6 heteroatoms. The van der Waals surface area contributed by atoms with Gasteiger partial charge in [-0.25, -0.2) is 0 Å². The number of carbonyl (C=O) groups is 1. The Labute approximate surface area is 124 Å². The summed E-state index contributed by atoms with van der Waals surface area (Å²) in [6.45, 7) is 6.73. The van der Waals surface area contributed by atoms with Crippen molar-refractivity contribution >= 4 is 5.91 Å². The highest BCUT2D eigenvalue weighted by atomic mass is 16.5. The van der Waals surface area contributed by atoms with Crippen LogP contribution in [0, 0.1) is 11.8 Å². The van der Waals surface area contributed by atoms with E-state index in [2.05, 4.69) is 10.1 Å². The van der Waals surface area contributed by atoms with Gasteiger partial charge in [0.15, 0.2) is 5.82 Å². The predicted molar refractivity (Wildman–Crippen MR) is 75.7 cm³/mol. The highest BCUT2D eigenvalue weighted by Crippen LogP contribution is 2.29. The van der Waals surface area contributed by atoms with Crippen molar-refractivity contribution in [3.05, 3.63) is 11.7 Å². The molecule has 1 aliphatic heterocycles. The first-order valence-electron chi connectivity index (χ1n) is 7.82. The lowest BCUT2D eigenvalue weighted by Crippen LogP contribution is -2.50. The van der Waals surface area contributed by atoms with Gasteiger partial charge >= 0.3 is 0 Å². The van der Waals surface area contributed by atoms with Crippen molar-refractivity contribution in [1.29, 1.82) is 0 Å². The topological polar surface area (TPSA) is 68.5 Å². The third-order valence-electron chi connectivity index (χ3n) is 4.04.